The Morgan fingerprint density at radius 1 is 1.15 bits per heavy atom. The number of halogens is 1. The van der Waals surface area contributed by atoms with E-state index in [1.165, 1.54) is 9.87 Å². The molecule has 8 heteroatoms. The molecule has 27 heavy (non-hydrogen) atoms. The molecule has 1 fully saturated rings. The molecule has 1 saturated heterocycles. The van der Waals surface area contributed by atoms with E-state index in [9.17, 15) is 13.2 Å². The van der Waals surface area contributed by atoms with Crippen molar-refractivity contribution in [2.45, 2.75) is 51.5 Å². The van der Waals surface area contributed by atoms with Gasteiger partial charge in [0, 0.05) is 32.1 Å². The Balaban J connectivity index is 0.00000364. The Morgan fingerprint density at radius 3 is 2.26 bits per heavy atom. The van der Waals surface area contributed by atoms with Gasteiger partial charge in [0.1, 0.15) is 0 Å². The number of amides is 1. The number of benzene rings is 1. The molecule has 0 saturated carbocycles. The number of sulfonamides is 1. The van der Waals surface area contributed by atoms with Gasteiger partial charge < -0.3 is 11.1 Å². The van der Waals surface area contributed by atoms with Gasteiger partial charge in [0.2, 0.25) is 15.9 Å². The Hall–Kier alpha value is -1.15. The van der Waals surface area contributed by atoms with E-state index < -0.39 is 10.0 Å². The smallest absolute Gasteiger partial charge is 0.220 e. The minimum atomic E-state index is -3.21. The van der Waals surface area contributed by atoms with E-state index in [4.69, 9.17) is 5.73 Å². The lowest BCUT2D eigenvalue weighted by atomic mass is 9.99. The van der Waals surface area contributed by atoms with Gasteiger partial charge in [-0.15, -0.1) is 12.4 Å². The van der Waals surface area contributed by atoms with Gasteiger partial charge in [-0.2, -0.15) is 0 Å². The summed E-state index contributed by atoms with van der Waals surface area (Å²) < 4.78 is 25.8. The Labute approximate surface area is 169 Å². The van der Waals surface area contributed by atoms with Crippen molar-refractivity contribution < 1.29 is 13.2 Å². The van der Waals surface area contributed by atoms with Gasteiger partial charge in [0.25, 0.3) is 0 Å². The van der Waals surface area contributed by atoms with Gasteiger partial charge in [-0.3, -0.25) is 4.79 Å². The lowest BCUT2D eigenvalue weighted by Gasteiger charge is -2.16. The van der Waals surface area contributed by atoms with E-state index in [-0.39, 0.29) is 36.5 Å². The summed E-state index contributed by atoms with van der Waals surface area (Å²) in [5.41, 5.74) is 8.36. The van der Waals surface area contributed by atoms with Crippen LogP contribution in [-0.4, -0.2) is 44.0 Å². The van der Waals surface area contributed by atoms with Crippen LogP contribution in [0.4, 0.5) is 0 Å². The standard InChI is InChI=1S/C19H31N3O3S.ClH/c1-15(2)16-7-9-17(10-8-16)18(20)14-21-19(23)6-5-13-26(24,25)22-11-3-4-12-22;/h7-10,15,18H,3-6,11-14,20H2,1-2H3,(H,21,23);1H. The van der Waals surface area contributed by atoms with Crippen LogP contribution in [0, 0.1) is 0 Å². The van der Waals surface area contributed by atoms with Gasteiger partial charge in [0.05, 0.1) is 5.75 Å². The number of carbonyl (C=O) groups excluding carboxylic acids is 1. The maximum atomic E-state index is 12.1. The number of nitrogens with zero attached hydrogens (tertiary/aromatic N) is 1. The van der Waals surface area contributed by atoms with Crippen LogP contribution >= 0.6 is 12.4 Å². The lowest BCUT2D eigenvalue weighted by molar-refractivity contribution is -0.121. The highest BCUT2D eigenvalue weighted by molar-refractivity contribution is 7.89. The third kappa shape index (κ3) is 7.41. The number of hydrogen-bond donors (Lipinski definition) is 2. The summed E-state index contributed by atoms with van der Waals surface area (Å²) in [6.07, 6.45) is 2.39. The SMILES string of the molecule is CC(C)c1ccc(C(N)CNC(=O)CCCS(=O)(=O)N2CCCC2)cc1.Cl. The quantitative estimate of drug-likeness (QED) is 0.645. The number of rotatable bonds is 9. The van der Waals surface area contributed by atoms with E-state index in [1.54, 1.807) is 0 Å². The molecular formula is C19H32ClN3O3S. The first kappa shape index (κ1) is 23.9. The normalized spacial score (nSPS) is 16.1. The molecule has 154 valence electrons. The molecule has 0 aromatic heterocycles. The molecule has 1 amide bonds. The predicted octanol–water partition coefficient (Wildman–Crippen LogP) is 2.55. The molecule has 0 bridgehead atoms. The largest absolute Gasteiger partial charge is 0.354 e. The first-order valence-electron chi connectivity index (χ1n) is 9.39. The van der Waals surface area contributed by atoms with Crippen molar-refractivity contribution in [3.63, 3.8) is 0 Å². The van der Waals surface area contributed by atoms with Crippen molar-refractivity contribution in [3.8, 4) is 0 Å². The third-order valence-electron chi connectivity index (χ3n) is 4.81. The van der Waals surface area contributed by atoms with Crippen molar-refractivity contribution in [1.29, 1.82) is 0 Å². The average Bonchev–Trinajstić information content (AvgIpc) is 3.15. The van der Waals surface area contributed by atoms with E-state index in [0.29, 0.717) is 32.0 Å². The monoisotopic (exact) mass is 417 g/mol. The Morgan fingerprint density at radius 2 is 1.70 bits per heavy atom. The second kappa shape index (κ2) is 11.0. The molecule has 1 aromatic rings. The summed E-state index contributed by atoms with van der Waals surface area (Å²) in [5.74, 6) is 0.344. The minimum absolute atomic E-state index is 0. The van der Waals surface area contributed by atoms with Crippen LogP contribution in [-0.2, 0) is 14.8 Å². The highest BCUT2D eigenvalue weighted by atomic mass is 35.5. The zero-order valence-electron chi connectivity index (χ0n) is 16.2. The van der Waals surface area contributed by atoms with Crippen molar-refractivity contribution in [2.75, 3.05) is 25.4 Å². The van der Waals surface area contributed by atoms with Gasteiger partial charge >= 0.3 is 0 Å². The molecule has 1 aliphatic rings. The van der Waals surface area contributed by atoms with Crippen molar-refractivity contribution in [3.05, 3.63) is 35.4 Å². The van der Waals surface area contributed by atoms with Crippen LogP contribution in [0.15, 0.2) is 24.3 Å². The molecule has 0 spiro atoms. The maximum absolute atomic E-state index is 12.1. The molecule has 6 nitrogen and oxygen atoms in total. The Bertz CT molecular complexity index is 687. The van der Waals surface area contributed by atoms with Crippen molar-refractivity contribution in [2.24, 2.45) is 5.73 Å². The number of nitrogens with two attached hydrogens (primary N) is 1. The molecule has 1 heterocycles. The first-order chi connectivity index (χ1) is 12.3. The predicted molar refractivity (Wildman–Crippen MR) is 112 cm³/mol. The third-order valence-corrected chi connectivity index (χ3v) is 6.77. The average molecular weight is 418 g/mol. The molecule has 0 aliphatic carbocycles. The lowest BCUT2D eigenvalue weighted by Crippen LogP contribution is -2.33. The van der Waals surface area contributed by atoms with Crippen LogP contribution < -0.4 is 11.1 Å². The molecule has 0 radical (unpaired) electrons. The molecule has 1 atom stereocenters. The molecule has 3 N–H and O–H groups in total. The molecule has 2 rings (SSSR count). The zero-order valence-corrected chi connectivity index (χ0v) is 17.8. The highest BCUT2D eigenvalue weighted by Gasteiger charge is 2.24. The van der Waals surface area contributed by atoms with Gasteiger partial charge in [0.15, 0.2) is 0 Å². The van der Waals surface area contributed by atoms with E-state index >= 15 is 0 Å². The fourth-order valence-corrected chi connectivity index (χ4v) is 4.65. The number of carbonyl (C=O) groups is 1. The summed E-state index contributed by atoms with van der Waals surface area (Å²) in [4.78, 5) is 12.0. The fraction of sp³-hybridized carbons (Fsp3) is 0.632. The first-order valence-corrected chi connectivity index (χ1v) is 11.0. The van der Waals surface area contributed by atoms with Crippen LogP contribution in [0.25, 0.3) is 0 Å². The highest BCUT2D eigenvalue weighted by Crippen LogP contribution is 2.17. The van der Waals surface area contributed by atoms with Gasteiger partial charge in [-0.1, -0.05) is 38.1 Å². The van der Waals surface area contributed by atoms with E-state index in [1.807, 2.05) is 12.1 Å². The van der Waals surface area contributed by atoms with Gasteiger partial charge in [-0.25, -0.2) is 12.7 Å². The van der Waals surface area contributed by atoms with Gasteiger partial charge in [-0.05, 0) is 36.3 Å². The molecule has 1 aliphatic heterocycles. The fourth-order valence-electron chi connectivity index (χ4n) is 3.07. The summed E-state index contributed by atoms with van der Waals surface area (Å²) in [5, 5.41) is 2.80. The topological polar surface area (TPSA) is 92.5 Å². The zero-order chi connectivity index (χ0) is 19.2. The second-order valence-electron chi connectivity index (χ2n) is 7.26. The number of hydrogen-bond acceptors (Lipinski definition) is 4. The second-order valence-corrected chi connectivity index (χ2v) is 9.35. The van der Waals surface area contributed by atoms with Crippen LogP contribution in [0.1, 0.15) is 62.6 Å². The van der Waals surface area contributed by atoms with E-state index in [0.717, 1.165) is 18.4 Å². The van der Waals surface area contributed by atoms with Crippen LogP contribution in [0.5, 0.6) is 0 Å². The van der Waals surface area contributed by atoms with Crippen LogP contribution in [0.3, 0.4) is 0 Å². The number of nitrogens with one attached hydrogen (secondary N) is 1. The Kier molecular flexibility index (Phi) is 9.73. The van der Waals surface area contributed by atoms with Crippen LogP contribution in [0.2, 0.25) is 0 Å². The summed E-state index contributed by atoms with van der Waals surface area (Å²) in [7, 11) is -3.21. The minimum Gasteiger partial charge on any atom is -0.354 e. The van der Waals surface area contributed by atoms with E-state index in [2.05, 4.69) is 31.3 Å². The molecule has 1 aromatic carbocycles. The van der Waals surface area contributed by atoms with Crippen molar-refractivity contribution >= 4 is 28.3 Å². The molecule has 1 unspecified atom stereocenters. The van der Waals surface area contributed by atoms with Crippen molar-refractivity contribution in [1.82, 2.24) is 9.62 Å². The summed E-state index contributed by atoms with van der Waals surface area (Å²) >= 11 is 0. The molecular weight excluding hydrogens is 386 g/mol. The summed E-state index contributed by atoms with van der Waals surface area (Å²) in [6, 6.07) is 7.84. The summed E-state index contributed by atoms with van der Waals surface area (Å²) in [6.45, 7) is 5.84. The maximum Gasteiger partial charge on any atom is 0.220 e.